The molecule has 18 heavy (non-hydrogen) atoms. The van der Waals surface area contributed by atoms with Gasteiger partial charge in [-0.05, 0) is 24.1 Å². The summed E-state index contributed by atoms with van der Waals surface area (Å²) in [6, 6.07) is 9.93. The van der Waals surface area contributed by atoms with E-state index in [9.17, 15) is 4.79 Å². The van der Waals surface area contributed by atoms with Gasteiger partial charge in [-0.3, -0.25) is 4.79 Å². The average Bonchev–Trinajstić information content (AvgIpc) is 2.37. The van der Waals surface area contributed by atoms with Crippen molar-refractivity contribution in [1.82, 2.24) is 0 Å². The molecule has 0 saturated heterocycles. The van der Waals surface area contributed by atoms with Crippen molar-refractivity contribution in [2.75, 3.05) is 0 Å². The second kappa shape index (κ2) is 7.07. The predicted molar refractivity (Wildman–Crippen MR) is 76.7 cm³/mol. The van der Waals surface area contributed by atoms with Crippen LogP contribution in [0.1, 0.15) is 12.5 Å². The molecule has 0 saturated carbocycles. The first kappa shape index (κ1) is 13.7. The zero-order valence-electron chi connectivity index (χ0n) is 10.5. The molecule has 2 N–H and O–H groups in total. The number of hydrogen-bond acceptors (Lipinski definition) is 1. The minimum atomic E-state index is -0.418. The molecule has 2 nitrogen and oxygen atoms in total. The van der Waals surface area contributed by atoms with Crippen molar-refractivity contribution >= 4 is 12.0 Å². The lowest BCUT2D eigenvalue weighted by atomic mass is 10.1. The molecular weight excluding hydrogens is 222 g/mol. The number of carbonyl (C=O) groups is 1. The van der Waals surface area contributed by atoms with Crippen LogP contribution < -0.4 is 5.73 Å². The summed E-state index contributed by atoms with van der Waals surface area (Å²) in [5.74, 6) is -0.418. The maximum Gasteiger partial charge on any atom is 0.244 e. The molecule has 0 aromatic heterocycles. The highest BCUT2D eigenvalue weighted by atomic mass is 16.1. The third-order valence-electron chi connectivity index (χ3n) is 2.35. The number of benzene rings is 1. The molecule has 0 aliphatic heterocycles. The van der Waals surface area contributed by atoms with Crippen LogP contribution >= 0.6 is 0 Å². The smallest absolute Gasteiger partial charge is 0.244 e. The van der Waals surface area contributed by atoms with Crippen molar-refractivity contribution in [3.63, 3.8) is 0 Å². The van der Waals surface area contributed by atoms with E-state index in [0.29, 0.717) is 5.57 Å². The number of hydrogen-bond donors (Lipinski definition) is 1. The van der Waals surface area contributed by atoms with Gasteiger partial charge in [0.1, 0.15) is 0 Å². The quantitative estimate of drug-likeness (QED) is 0.622. The first-order valence-corrected chi connectivity index (χ1v) is 5.67. The van der Waals surface area contributed by atoms with Gasteiger partial charge in [-0.15, -0.1) is 0 Å². The zero-order valence-corrected chi connectivity index (χ0v) is 10.5. The van der Waals surface area contributed by atoms with Gasteiger partial charge in [0.25, 0.3) is 0 Å². The van der Waals surface area contributed by atoms with Crippen LogP contribution in [0.15, 0.2) is 72.4 Å². The fraction of sp³-hybridized carbons (Fsp3) is 0.0625. The predicted octanol–water partition coefficient (Wildman–Crippen LogP) is 3.24. The molecule has 1 aromatic rings. The van der Waals surface area contributed by atoms with Crippen LogP contribution in [0.4, 0.5) is 0 Å². The third-order valence-corrected chi connectivity index (χ3v) is 2.35. The molecule has 0 heterocycles. The minimum Gasteiger partial charge on any atom is -0.366 e. The molecular formula is C16H17NO. The molecule has 0 spiro atoms. The summed E-state index contributed by atoms with van der Waals surface area (Å²) in [7, 11) is 0. The average molecular weight is 239 g/mol. The number of nitrogens with two attached hydrogens (primary N) is 1. The second-order valence-electron chi connectivity index (χ2n) is 3.84. The molecule has 0 aliphatic carbocycles. The van der Waals surface area contributed by atoms with E-state index in [2.05, 4.69) is 6.58 Å². The molecule has 0 aliphatic rings. The van der Waals surface area contributed by atoms with E-state index >= 15 is 0 Å². The highest BCUT2D eigenvalue weighted by Crippen LogP contribution is 2.08. The highest BCUT2D eigenvalue weighted by molar-refractivity contribution is 5.92. The Balaban J connectivity index is 2.92. The second-order valence-corrected chi connectivity index (χ2v) is 3.84. The van der Waals surface area contributed by atoms with E-state index in [1.807, 2.05) is 48.6 Å². The van der Waals surface area contributed by atoms with Gasteiger partial charge in [0.05, 0.1) is 0 Å². The lowest BCUT2D eigenvalue weighted by Crippen LogP contribution is -2.11. The third kappa shape index (κ3) is 4.66. The Labute approximate surface area is 108 Å². The Morgan fingerprint density at radius 1 is 1.28 bits per heavy atom. The molecule has 2 heteroatoms. The van der Waals surface area contributed by atoms with Crippen LogP contribution in [0.3, 0.4) is 0 Å². The minimum absolute atomic E-state index is 0.418. The van der Waals surface area contributed by atoms with E-state index in [4.69, 9.17) is 5.73 Å². The van der Waals surface area contributed by atoms with Gasteiger partial charge in [0, 0.05) is 5.57 Å². The van der Waals surface area contributed by atoms with Crippen molar-refractivity contribution in [3.8, 4) is 0 Å². The fourth-order valence-electron chi connectivity index (χ4n) is 1.37. The van der Waals surface area contributed by atoms with Gasteiger partial charge in [0.15, 0.2) is 0 Å². The van der Waals surface area contributed by atoms with Crippen LogP contribution in [-0.4, -0.2) is 5.91 Å². The van der Waals surface area contributed by atoms with Crippen molar-refractivity contribution in [2.45, 2.75) is 6.92 Å². The van der Waals surface area contributed by atoms with Crippen molar-refractivity contribution in [3.05, 3.63) is 77.9 Å². The lowest BCUT2D eigenvalue weighted by Gasteiger charge is -1.97. The van der Waals surface area contributed by atoms with Crippen LogP contribution in [-0.2, 0) is 4.79 Å². The van der Waals surface area contributed by atoms with Crippen molar-refractivity contribution in [2.24, 2.45) is 5.73 Å². The van der Waals surface area contributed by atoms with Gasteiger partial charge in [-0.25, -0.2) is 0 Å². The summed E-state index contributed by atoms with van der Waals surface area (Å²) in [5.41, 5.74) is 7.69. The number of primary amides is 1. The Morgan fingerprint density at radius 3 is 2.50 bits per heavy atom. The van der Waals surface area contributed by atoms with Crippen LogP contribution in [0.2, 0.25) is 0 Å². The Hall–Kier alpha value is -2.35. The normalized spacial score (nSPS) is 12.7. The van der Waals surface area contributed by atoms with E-state index in [1.165, 1.54) is 0 Å². The molecule has 0 fully saturated rings. The summed E-state index contributed by atoms with van der Waals surface area (Å²) < 4.78 is 0. The summed E-state index contributed by atoms with van der Waals surface area (Å²) in [5, 5.41) is 0. The standard InChI is InChI=1S/C16H17NO/c1-3-7-15(12-13(2)16(17)18)11-10-14-8-5-4-6-9-14/h3-12H,1H2,2H3,(H2,17,18). The first-order chi connectivity index (χ1) is 8.63. The van der Waals surface area contributed by atoms with E-state index in [-0.39, 0.29) is 0 Å². The Bertz CT molecular complexity index is 507. The SMILES string of the molecule is C=CC=C(C=Cc1ccccc1)C=C(C)C(N)=O. The lowest BCUT2D eigenvalue weighted by molar-refractivity contribution is -0.114. The summed E-state index contributed by atoms with van der Waals surface area (Å²) in [6.45, 7) is 5.34. The molecule has 92 valence electrons. The largest absolute Gasteiger partial charge is 0.366 e. The molecule has 0 radical (unpaired) electrons. The Kier molecular flexibility index (Phi) is 5.39. The molecule has 1 amide bonds. The topological polar surface area (TPSA) is 43.1 Å². The van der Waals surface area contributed by atoms with E-state index in [1.54, 1.807) is 19.1 Å². The maximum absolute atomic E-state index is 11.0. The number of amides is 1. The molecule has 1 aromatic carbocycles. The van der Waals surface area contributed by atoms with Crippen molar-refractivity contribution in [1.29, 1.82) is 0 Å². The molecule has 1 rings (SSSR count). The van der Waals surface area contributed by atoms with E-state index < -0.39 is 5.91 Å². The first-order valence-electron chi connectivity index (χ1n) is 5.67. The summed E-state index contributed by atoms with van der Waals surface area (Å²) in [6.07, 6.45) is 9.13. The van der Waals surface area contributed by atoms with Crippen molar-refractivity contribution < 1.29 is 4.79 Å². The zero-order chi connectivity index (χ0) is 13.4. The highest BCUT2D eigenvalue weighted by Gasteiger charge is 1.97. The molecule has 0 atom stereocenters. The summed E-state index contributed by atoms with van der Waals surface area (Å²) in [4.78, 5) is 11.0. The maximum atomic E-state index is 11.0. The van der Waals surface area contributed by atoms with Gasteiger partial charge in [-0.1, -0.05) is 61.2 Å². The van der Waals surface area contributed by atoms with Crippen LogP contribution in [0, 0.1) is 0 Å². The monoisotopic (exact) mass is 239 g/mol. The Morgan fingerprint density at radius 2 is 1.94 bits per heavy atom. The number of carbonyl (C=O) groups excluding carboxylic acids is 1. The van der Waals surface area contributed by atoms with Gasteiger partial charge >= 0.3 is 0 Å². The molecule has 0 bridgehead atoms. The number of rotatable bonds is 5. The van der Waals surface area contributed by atoms with Gasteiger partial charge in [0.2, 0.25) is 5.91 Å². The number of allylic oxidation sites excluding steroid dienone is 5. The summed E-state index contributed by atoms with van der Waals surface area (Å²) >= 11 is 0. The fourth-order valence-corrected chi connectivity index (χ4v) is 1.37. The molecule has 0 unspecified atom stereocenters. The van der Waals surface area contributed by atoms with Crippen LogP contribution in [0.5, 0.6) is 0 Å². The van der Waals surface area contributed by atoms with Crippen LogP contribution in [0.25, 0.3) is 6.08 Å². The van der Waals surface area contributed by atoms with E-state index in [0.717, 1.165) is 11.1 Å². The van der Waals surface area contributed by atoms with Gasteiger partial charge < -0.3 is 5.73 Å². The van der Waals surface area contributed by atoms with Gasteiger partial charge in [-0.2, -0.15) is 0 Å².